The second-order valence-corrected chi connectivity index (χ2v) is 6.95. The fraction of sp³-hybridized carbons (Fsp3) is 0.667. The molecule has 1 saturated heterocycles. The number of nitrogens with zero attached hydrogens (tertiary/aromatic N) is 3. The van der Waals surface area contributed by atoms with Crippen LogP contribution in [0.4, 0.5) is 0 Å². The first-order chi connectivity index (χ1) is 9.67. The van der Waals surface area contributed by atoms with Crippen LogP contribution < -0.4 is 5.32 Å². The summed E-state index contributed by atoms with van der Waals surface area (Å²) in [5.74, 6) is 0.681. The highest BCUT2D eigenvalue weighted by molar-refractivity contribution is 7.15. The third-order valence-corrected chi connectivity index (χ3v) is 5.12. The Bertz CT molecular complexity index is 530. The molecule has 110 valence electrons. The molecular weight excluding hydrogens is 268 g/mol. The van der Waals surface area contributed by atoms with Gasteiger partial charge >= 0.3 is 0 Å². The van der Waals surface area contributed by atoms with Crippen molar-refractivity contribution < 1.29 is 0 Å². The molecule has 3 heterocycles. The summed E-state index contributed by atoms with van der Waals surface area (Å²) in [5.41, 5.74) is 1.19. The van der Waals surface area contributed by atoms with E-state index in [-0.39, 0.29) is 0 Å². The van der Waals surface area contributed by atoms with Crippen LogP contribution in [-0.2, 0) is 6.54 Å². The second-order valence-electron chi connectivity index (χ2n) is 6.08. The van der Waals surface area contributed by atoms with Gasteiger partial charge in [-0.15, -0.1) is 11.3 Å². The van der Waals surface area contributed by atoms with Crippen molar-refractivity contribution in [1.29, 1.82) is 0 Å². The molecule has 0 aliphatic carbocycles. The van der Waals surface area contributed by atoms with Gasteiger partial charge in [-0.2, -0.15) is 0 Å². The fourth-order valence-corrected chi connectivity index (χ4v) is 3.70. The molecule has 2 atom stereocenters. The largest absolute Gasteiger partial charge is 0.311 e. The van der Waals surface area contributed by atoms with Crippen molar-refractivity contribution >= 4 is 16.3 Å². The maximum absolute atomic E-state index is 4.72. The molecule has 3 rings (SSSR count). The lowest BCUT2D eigenvalue weighted by molar-refractivity contribution is 0.102. The topological polar surface area (TPSA) is 32.6 Å². The average Bonchev–Trinajstić information content (AvgIpc) is 2.99. The number of fused-ring (bicyclic) bond motifs is 1. The van der Waals surface area contributed by atoms with Gasteiger partial charge in [-0.3, -0.25) is 9.30 Å². The lowest BCUT2D eigenvalue weighted by atomic mass is 9.98. The normalized spacial score (nSPS) is 24.8. The Morgan fingerprint density at radius 2 is 2.35 bits per heavy atom. The summed E-state index contributed by atoms with van der Waals surface area (Å²) in [6, 6.07) is 1.23. The van der Waals surface area contributed by atoms with Gasteiger partial charge in [-0.05, 0) is 12.3 Å². The molecule has 2 aromatic rings. The van der Waals surface area contributed by atoms with Crippen molar-refractivity contribution in [3.63, 3.8) is 0 Å². The van der Waals surface area contributed by atoms with Gasteiger partial charge in [-0.25, -0.2) is 4.98 Å². The van der Waals surface area contributed by atoms with Gasteiger partial charge in [0.15, 0.2) is 4.96 Å². The Hall–Kier alpha value is -0.910. The molecule has 0 radical (unpaired) electrons. The van der Waals surface area contributed by atoms with E-state index in [2.05, 4.69) is 53.2 Å². The van der Waals surface area contributed by atoms with Crippen molar-refractivity contribution in [2.24, 2.45) is 5.92 Å². The summed E-state index contributed by atoms with van der Waals surface area (Å²) >= 11 is 1.70. The summed E-state index contributed by atoms with van der Waals surface area (Å²) in [6.07, 6.45) is 5.45. The van der Waals surface area contributed by atoms with E-state index in [4.69, 9.17) is 4.98 Å². The van der Waals surface area contributed by atoms with Gasteiger partial charge in [0.1, 0.15) is 0 Å². The highest BCUT2D eigenvalue weighted by atomic mass is 32.1. The first kappa shape index (κ1) is 14.0. The number of hydrogen-bond acceptors (Lipinski definition) is 4. The average molecular weight is 292 g/mol. The maximum atomic E-state index is 4.72. The van der Waals surface area contributed by atoms with Gasteiger partial charge in [0.2, 0.25) is 0 Å². The standard InChI is InChI=1S/C15H24N4S/c1-4-13-7-16-14(11(2)3)10-19(13)9-12-8-18-5-6-20-15(18)17-12/h5-6,8,11,13-14,16H,4,7,9-10H2,1-3H3. The molecule has 0 saturated carbocycles. The van der Waals surface area contributed by atoms with Crippen molar-refractivity contribution in [3.05, 3.63) is 23.5 Å². The van der Waals surface area contributed by atoms with Gasteiger partial charge in [0.05, 0.1) is 5.69 Å². The Morgan fingerprint density at radius 3 is 3.05 bits per heavy atom. The van der Waals surface area contributed by atoms with Crippen molar-refractivity contribution in [2.75, 3.05) is 13.1 Å². The lowest BCUT2D eigenvalue weighted by Crippen LogP contribution is -2.57. The molecular formula is C15H24N4S. The summed E-state index contributed by atoms with van der Waals surface area (Å²) < 4.78 is 2.13. The van der Waals surface area contributed by atoms with E-state index >= 15 is 0 Å². The van der Waals surface area contributed by atoms with E-state index in [0.29, 0.717) is 18.0 Å². The first-order valence-corrected chi connectivity index (χ1v) is 8.44. The van der Waals surface area contributed by atoms with Crippen LogP contribution in [0, 0.1) is 5.92 Å². The minimum atomic E-state index is 0.599. The molecule has 2 unspecified atom stereocenters. The highest BCUT2D eigenvalue weighted by Crippen LogP contribution is 2.19. The summed E-state index contributed by atoms with van der Waals surface area (Å²) in [7, 11) is 0. The van der Waals surface area contributed by atoms with Crippen LogP contribution in [0.2, 0.25) is 0 Å². The molecule has 1 N–H and O–H groups in total. The number of hydrogen-bond donors (Lipinski definition) is 1. The van der Waals surface area contributed by atoms with E-state index in [1.54, 1.807) is 11.3 Å². The Kier molecular flexibility index (Phi) is 4.10. The fourth-order valence-electron chi connectivity index (χ4n) is 2.99. The predicted octanol–water partition coefficient (Wildman–Crippen LogP) is 2.60. The summed E-state index contributed by atoms with van der Waals surface area (Å²) in [6.45, 7) is 10.1. The van der Waals surface area contributed by atoms with Gasteiger partial charge in [0.25, 0.3) is 0 Å². The molecule has 1 fully saturated rings. The number of nitrogens with one attached hydrogen (secondary N) is 1. The summed E-state index contributed by atoms with van der Waals surface area (Å²) in [5, 5.41) is 5.78. The maximum Gasteiger partial charge on any atom is 0.193 e. The zero-order valence-electron chi connectivity index (χ0n) is 12.5. The molecule has 20 heavy (non-hydrogen) atoms. The van der Waals surface area contributed by atoms with Crippen LogP contribution in [0.15, 0.2) is 17.8 Å². The van der Waals surface area contributed by atoms with E-state index in [1.165, 1.54) is 12.1 Å². The van der Waals surface area contributed by atoms with Crippen molar-refractivity contribution in [2.45, 2.75) is 45.8 Å². The molecule has 5 heteroatoms. The highest BCUT2D eigenvalue weighted by Gasteiger charge is 2.28. The summed E-state index contributed by atoms with van der Waals surface area (Å²) in [4.78, 5) is 8.43. The third kappa shape index (κ3) is 2.75. The molecule has 4 nitrogen and oxygen atoms in total. The first-order valence-electron chi connectivity index (χ1n) is 7.56. The molecule has 0 amide bonds. The smallest absolute Gasteiger partial charge is 0.193 e. The predicted molar refractivity (Wildman–Crippen MR) is 84.2 cm³/mol. The number of imidazole rings is 1. The van der Waals surface area contributed by atoms with Gasteiger partial charge < -0.3 is 5.32 Å². The number of piperazine rings is 1. The molecule has 2 aromatic heterocycles. The van der Waals surface area contributed by atoms with E-state index < -0.39 is 0 Å². The van der Waals surface area contributed by atoms with Crippen LogP contribution in [0.3, 0.4) is 0 Å². The van der Waals surface area contributed by atoms with Crippen LogP contribution in [0.25, 0.3) is 4.96 Å². The monoisotopic (exact) mass is 292 g/mol. The van der Waals surface area contributed by atoms with Crippen LogP contribution in [-0.4, -0.2) is 39.5 Å². The molecule has 1 aliphatic heterocycles. The zero-order chi connectivity index (χ0) is 14.1. The quantitative estimate of drug-likeness (QED) is 0.940. The van der Waals surface area contributed by atoms with Crippen LogP contribution in [0.1, 0.15) is 32.9 Å². The van der Waals surface area contributed by atoms with E-state index in [9.17, 15) is 0 Å². The Labute approximate surface area is 124 Å². The molecule has 1 aliphatic rings. The van der Waals surface area contributed by atoms with Crippen LogP contribution >= 0.6 is 11.3 Å². The Balaban J connectivity index is 1.73. The minimum Gasteiger partial charge on any atom is -0.311 e. The molecule has 0 spiro atoms. The van der Waals surface area contributed by atoms with E-state index in [0.717, 1.165) is 24.6 Å². The van der Waals surface area contributed by atoms with Crippen LogP contribution in [0.5, 0.6) is 0 Å². The van der Waals surface area contributed by atoms with Gasteiger partial charge in [-0.1, -0.05) is 20.8 Å². The number of thiazole rings is 1. The molecule has 0 bridgehead atoms. The Morgan fingerprint density at radius 1 is 1.50 bits per heavy atom. The second kappa shape index (κ2) is 5.84. The van der Waals surface area contributed by atoms with Crippen molar-refractivity contribution in [3.8, 4) is 0 Å². The lowest BCUT2D eigenvalue weighted by Gasteiger charge is -2.41. The number of rotatable bonds is 4. The molecule has 0 aromatic carbocycles. The SMILES string of the molecule is CCC1CNC(C(C)C)CN1Cc1cn2ccsc2n1. The minimum absolute atomic E-state index is 0.599. The zero-order valence-corrected chi connectivity index (χ0v) is 13.4. The van der Waals surface area contributed by atoms with Crippen molar-refractivity contribution in [1.82, 2.24) is 19.6 Å². The third-order valence-electron chi connectivity index (χ3n) is 4.35. The van der Waals surface area contributed by atoms with E-state index in [1.807, 2.05) is 0 Å². The van der Waals surface area contributed by atoms with Gasteiger partial charge in [0, 0.05) is 49.5 Å². The number of aromatic nitrogens is 2.